The maximum absolute atomic E-state index is 12.9. The zero-order valence-corrected chi connectivity index (χ0v) is 11.4. The number of carbonyl (C=O) groups is 1. The number of nitrogen functional groups attached to an aromatic ring is 1. The molecule has 1 rings (SSSR count). The van der Waals surface area contributed by atoms with Crippen molar-refractivity contribution < 1.29 is 18.0 Å². The normalized spacial score (nSPS) is 10.9. The third kappa shape index (κ3) is 3.86. The molecule has 21 heavy (non-hydrogen) atoms. The van der Waals surface area contributed by atoms with Crippen molar-refractivity contribution in [3.8, 4) is 6.07 Å². The van der Waals surface area contributed by atoms with Crippen LogP contribution in [0, 0.1) is 11.3 Å². The fourth-order valence-electron chi connectivity index (χ4n) is 1.88. The van der Waals surface area contributed by atoms with Crippen LogP contribution >= 0.6 is 0 Å². The number of nitrogens with two attached hydrogens (primary N) is 1. The summed E-state index contributed by atoms with van der Waals surface area (Å²) in [5, 5.41) is 8.55. The van der Waals surface area contributed by atoms with Gasteiger partial charge in [-0.2, -0.15) is 18.4 Å². The molecule has 1 aromatic carbocycles. The van der Waals surface area contributed by atoms with Crippen LogP contribution in [0.3, 0.4) is 0 Å². The third-order valence-corrected chi connectivity index (χ3v) is 2.91. The summed E-state index contributed by atoms with van der Waals surface area (Å²) in [4.78, 5) is 13.6. The van der Waals surface area contributed by atoms with E-state index in [-0.39, 0.29) is 25.1 Å². The highest BCUT2D eigenvalue weighted by Gasteiger charge is 2.35. The van der Waals surface area contributed by atoms with E-state index >= 15 is 0 Å². The number of halogens is 3. The summed E-state index contributed by atoms with van der Waals surface area (Å²) in [5.41, 5.74) is 0.306. The minimum absolute atomic E-state index is 0.101. The Balaban J connectivity index is 3.24. The molecule has 0 unspecified atom stereocenters. The van der Waals surface area contributed by atoms with Crippen LogP contribution in [-0.2, 0) is 6.18 Å². The van der Waals surface area contributed by atoms with Gasteiger partial charge in [0.05, 0.1) is 29.3 Å². The molecule has 1 aromatic rings. The number of nitriles is 1. The number of amides is 1. The molecule has 1 amide bonds. The molecule has 114 valence electrons. The van der Waals surface area contributed by atoms with Crippen LogP contribution in [0.25, 0.3) is 0 Å². The Hall–Kier alpha value is -2.27. The average molecular weight is 300 g/mol. The molecular formula is C13H15F3N4O. The summed E-state index contributed by atoms with van der Waals surface area (Å²) >= 11 is 0. The van der Waals surface area contributed by atoms with Crippen LogP contribution < -0.4 is 11.3 Å². The molecular weight excluding hydrogens is 285 g/mol. The van der Waals surface area contributed by atoms with Crippen molar-refractivity contribution in [3.63, 3.8) is 0 Å². The van der Waals surface area contributed by atoms with Gasteiger partial charge in [-0.05, 0) is 19.1 Å². The zero-order valence-electron chi connectivity index (χ0n) is 11.4. The van der Waals surface area contributed by atoms with Crippen molar-refractivity contribution in [1.29, 1.82) is 5.26 Å². The first-order valence-corrected chi connectivity index (χ1v) is 6.19. The Labute approximate surface area is 120 Å². The Kier molecular flexibility index (Phi) is 5.55. The number of rotatable bonds is 5. The van der Waals surface area contributed by atoms with Crippen LogP contribution in [0.1, 0.15) is 29.3 Å². The molecule has 0 fully saturated rings. The van der Waals surface area contributed by atoms with Crippen LogP contribution in [0.2, 0.25) is 0 Å². The van der Waals surface area contributed by atoms with E-state index in [9.17, 15) is 18.0 Å². The summed E-state index contributed by atoms with van der Waals surface area (Å²) in [6.07, 6.45) is -4.52. The topological polar surface area (TPSA) is 82.2 Å². The Morgan fingerprint density at radius 1 is 1.48 bits per heavy atom. The van der Waals surface area contributed by atoms with Gasteiger partial charge in [-0.1, -0.05) is 6.07 Å². The first-order valence-electron chi connectivity index (χ1n) is 6.19. The number of benzene rings is 1. The van der Waals surface area contributed by atoms with Crippen molar-refractivity contribution >= 4 is 11.6 Å². The second-order valence-corrected chi connectivity index (χ2v) is 4.16. The molecule has 0 radical (unpaired) electrons. The number of nitrogens with one attached hydrogen (secondary N) is 1. The largest absolute Gasteiger partial charge is 0.418 e. The van der Waals surface area contributed by atoms with Gasteiger partial charge in [0.2, 0.25) is 0 Å². The number of alkyl halides is 3. The molecule has 0 aliphatic heterocycles. The second kappa shape index (κ2) is 6.95. The number of nitrogens with zero attached hydrogens (tertiary/aromatic N) is 2. The lowest BCUT2D eigenvalue weighted by atomic mass is 10.1. The Bertz CT molecular complexity index is 551. The Morgan fingerprint density at radius 3 is 2.62 bits per heavy atom. The smallest absolute Gasteiger partial charge is 0.338 e. The molecule has 0 aromatic heterocycles. The summed E-state index contributed by atoms with van der Waals surface area (Å²) in [6.45, 7) is 2.10. The number of para-hydroxylation sites is 1. The lowest BCUT2D eigenvalue weighted by Gasteiger charge is -2.22. The molecule has 3 N–H and O–H groups in total. The highest BCUT2D eigenvalue weighted by molar-refractivity contribution is 6.00. The lowest BCUT2D eigenvalue weighted by molar-refractivity contribution is -0.137. The molecule has 0 saturated carbocycles. The summed E-state index contributed by atoms with van der Waals surface area (Å²) < 4.78 is 38.7. The van der Waals surface area contributed by atoms with Crippen molar-refractivity contribution in [2.45, 2.75) is 19.5 Å². The minimum atomic E-state index is -4.62. The number of hydrogen-bond donors (Lipinski definition) is 2. The van der Waals surface area contributed by atoms with Gasteiger partial charge in [-0.25, -0.2) is 0 Å². The number of anilines is 1. The SMILES string of the molecule is CCN(CCC#N)C(=O)c1cccc(C(F)(F)F)c1NN. The fraction of sp³-hybridized carbons (Fsp3) is 0.385. The van der Waals surface area contributed by atoms with Crippen LogP contribution in [-0.4, -0.2) is 23.9 Å². The van der Waals surface area contributed by atoms with Crippen molar-refractivity contribution in [2.24, 2.45) is 5.84 Å². The van der Waals surface area contributed by atoms with Gasteiger partial charge in [0.1, 0.15) is 0 Å². The van der Waals surface area contributed by atoms with E-state index < -0.39 is 23.3 Å². The molecule has 0 atom stereocenters. The van der Waals surface area contributed by atoms with Gasteiger partial charge in [-0.15, -0.1) is 0 Å². The molecule has 0 aliphatic rings. The standard InChI is InChI=1S/C13H15F3N4O/c1-2-20(8-4-7-17)12(21)9-5-3-6-10(11(9)19-18)13(14,15)16/h3,5-6,19H,2,4,8,18H2,1H3. The van der Waals surface area contributed by atoms with E-state index in [0.29, 0.717) is 0 Å². The van der Waals surface area contributed by atoms with E-state index in [1.165, 1.54) is 11.0 Å². The predicted octanol–water partition coefficient (Wildman–Crippen LogP) is 2.37. The average Bonchev–Trinajstić information content (AvgIpc) is 2.45. The van der Waals surface area contributed by atoms with E-state index in [1.54, 1.807) is 6.92 Å². The highest BCUT2D eigenvalue weighted by atomic mass is 19.4. The number of hydrazine groups is 1. The van der Waals surface area contributed by atoms with Gasteiger partial charge in [0.15, 0.2) is 0 Å². The number of hydrogen-bond acceptors (Lipinski definition) is 4. The van der Waals surface area contributed by atoms with E-state index in [0.717, 1.165) is 12.1 Å². The summed E-state index contributed by atoms with van der Waals surface area (Å²) in [5.74, 6) is 4.55. The molecule has 0 saturated heterocycles. The van der Waals surface area contributed by atoms with Crippen LogP contribution in [0.15, 0.2) is 18.2 Å². The first-order chi connectivity index (χ1) is 9.86. The van der Waals surface area contributed by atoms with Crippen molar-refractivity contribution in [1.82, 2.24) is 4.90 Å². The van der Waals surface area contributed by atoms with Gasteiger partial charge in [0.25, 0.3) is 5.91 Å². The monoisotopic (exact) mass is 300 g/mol. The summed E-state index contributed by atoms with van der Waals surface area (Å²) in [6, 6.07) is 5.15. The van der Waals surface area contributed by atoms with Gasteiger partial charge < -0.3 is 10.3 Å². The van der Waals surface area contributed by atoms with Crippen LogP contribution in [0.4, 0.5) is 18.9 Å². The number of carbonyl (C=O) groups excluding carboxylic acids is 1. The molecule has 0 spiro atoms. The first kappa shape index (κ1) is 16.8. The van der Waals surface area contributed by atoms with E-state index in [2.05, 4.69) is 0 Å². The molecule has 0 bridgehead atoms. The molecule has 8 heteroatoms. The van der Waals surface area contributed by atoms with Crippen LogP contribution in [0.5, 0.6) is 0 Å². The molecule has 5 nitrogen and oxygen atoms in total. The minimum Gasteiger partial charge on any atom is -0.338 e. The van der Waals surface area contributed by atoms with Crippen molar-refractivity contribution in [3.05, 3.63) is 29.3 Å². The van der Waals surface area contributed by atoms with Gasteiger partial charge in [-0.3, -0.25) is 10.6 Å². The van der Waals surface area contributed by atoms with Gasteiger partial charge in [0, 0.05) is 13.1 Å². The molecule has 0 heterocycles. The maximum Gasteiger partial charge on any atom is 0.418 e. The summed E-state index contributed by atoms with van der Waals surface area (Å²) in [7, 11) is 0. The fourth-order valence-corrected chi connectivity index (χ4v) is 1.88. The second-order valence-electron chi connectivity index (χ2n) is 4.16. The van der Waals surface area contributed by atoms with E-state index in [4.69, 9.17) is 11.1 Å². The van der Waals surface area contributed by atoms with E-state index in [1.807, 2.05) is 11.5 Å². The highest BCUT2D eigenvalue weighted by Crippen LogP contribution is 2.36. The lowest BCUT2D eigenvalue weighted by Crippen LogP contribution is -2.33. The zero-order chi connectivity index (χ0) is 16.0. The Morgan fingerprint density at radius 2 is 2.14 bits per heavy atom. The molecule has 0 aliphatic carbocycles. The predicted molar refractivity (Wildman–Crippen MR) is 71.1 cm³/mol. The maximum atomic E-state index is 12.9. The van der Waals surface area contributed by atoms with Crippen molar-refractivity contribution in [2.75, 3.05) is 18.5 Å². The quantitative estimate of drug-likeness (QED) is 0.646. The van der Waals surface area contributed by atoms with Gasteiger partial charge >= 0.3 is 6.18 Å². The third-order valence-electron chi connectivity index (χ3n) is 2.91.